The molecule has 0 amide bonds. The average molecular weight is 197 g/mol. The fraction of sp³-hybridized carbons (Fsp3) is 0.917. The Morgan fingerprint density at radius 2 is 2.36 bits per heavy atom. The number of hydrogen-bond acceptors (Lipinski definition) is 2. The predicted octanol–water partition coefficient (Wildman–Crippen LogP) is 2.48. The van der Waals surface area contributed by atoms with Gasteiger partial charge in [-0.2, -0.15) is 0 Å². The lowest BCUT2D eigenvalue weighted by Crippen LogP contribution is -2.26. The molecule has 0 radical (unpaired) electrons. The molecular weight excluding hydrogens is 174 g/mol. The maximum atomic E-state index is 10.2. The highest BCUT2D eigenvalue weighted by atomic mass is 16.1. The lowest BCUT2D eigenvalue weighted by atomic mass is 9.95. The van der Waals surface area contributed by atoms with Gasteiger partial charge in [-0.3, -0.25) is 0 Å². The van der Waals surface area contributed by atoms with Crippen LogP contribution < -0.4 is 0 Å². The van der Waals surface area contributed by atoms with Crippen LogP contribution in [0.3, 0.4) is 0 Å². The number of carbonyl (C=O) groups excluding carboxylic acids is 1. The Bertz CT molecular complexity index is 170. The number of carbonyl (C=O) groups is 1. The largest absolute Gasteiger partial charge is 0.303 e. The zero-order valence-electron chi connectivity index (χ0n) is 9.54. The first-order valence-corrected chi connectivity index (χ1v) is 5.88. The SMILES string of the molecule is C[C@H](CCCC=O)C[C@H]1CCCN1C. The van der Waals surface area contributed by atoms with Gasteiger partial charge in [0.2, 0.25) is 0 Å². The minimum Gasteiger partial charge on any atom is -0.303 e. The number of rotatable bonds is 6. The van der Waals surface area contributed by atoms with E-state index in [9.17, 15) is 4.79 Å². The summed E-state index contributed by atoms with van der Waals surface area (Å²) < 4.78 is 0. The Morgan fingerprint density at radius 3 is 2.93 bits per heavy atom. The highest BCUT2D eigenvalue weighted by molar-refractivity contribution is 5.48. The van der Waals surface area contributed by atoms with Crippen LogP contribution in [-0.2, 0) is 4.79 Å². The first-order valence-electron chi connectivity index (χ1n) is 5.88. The van der Waals surface area contributed by atoms with E-state index in [4.69, 9.17) is 0 Å². The molecule has 0 aromatic carbocycles. The van der Waals surface area contributed by atoms with Crippen LogP contribution in [0.1, 0.15) is 45.4 Å². The second-order valence-corrected chi connectivity index (χ2v) is 4.72. The molecule has 0 bridgehead atoms. The monoisotopic (exact) mass is 197 g/mol. The van der Waals surface area contributed by atoms with Gasteiger partial charge < -0.3 is 9.69 Å². The molecule has 2 atom stereocenters. The van der Waals surface area contributed by atoms with Crippen LogP contribution in [0, 0.1) is 5.92 Å². The summed E-state index contributed by atoms with van der Waals surface area (Å²) in [6.45, 7) is 3.59. The van der Waals surface area contributed by atoms with Gasteiger partial charge in [-0.05, 0) is 45.2 Å². The molecule has 1 heterocycles. The van der Waals surface area contributed by atoms with E-state index in [-0.39, 0.29) is 0 Å². The third-order valence-corrected chi connectivity index (χ3v) is 3.36. The van der Waals surface area contributed by atoms with Gasteiger partial charge in [0, 0.05) is 12.5 Å². The third kappa shape index (κ3) is 3.79. The van der Waals surface area contributed by atoms with E-state index in [1.807, 2.05) is 0 Å². The first kappa shape index (κ1) is 11.7. The molecule has 0 aromatic rings. The van der Waals surface area contributed by atoms with Crippen LogP contribution in [-0.4, -0.2) is 30.8 Å². The maximum absolute atomic E-state index is 10.2. The second kappa shape index (κ2) is 6.18. The first-order chi connectivity index (χ1) is 6.74. The molecule has 2 nitrogen and oxygen atoms in total. The second-order valence-electron chi connectivity index (χ2n) is 4.72. The van der Waals surface area contributed by atoms with E-state index >= 15 is 0 Å². The molecule has 1 rings (SSSR count). The third-order valence-electron chi connectivity index (χ3n) is 3.36. The van der Waals surface area contributed by atoms with Gasteiger partial charge in [-0.1, -0.05) is 13.3 Å². The summed E-state index contributed by atoms with van der Waals surface area (Å²) in [5.74, 6) is 0.778. The van der Waals surface area contributed by atoms with Crippen molar-refractivity contribution in [1.82, 2.24) is 4.90 Å². The molecule has 14 heavy (non-hydrogen) atoms. The van der Waals surface area contributed by atoms with Gasteiger partial charge in [-0.25, -0.2) is 0 Å². The maximum Gasteiger partial charge on any atom is 0.119 e. The summed E-state index contributed by atoms with van der Waals surface area (Å²) in [7, 11) is 2.23. The zero-order chi connectivity index (χ0) is 10.4. The lowest BCUT2D eigenvalue weighted by molar-refractivity contribution is -0.107. The Hall–Kier alpha value is -0.370. The van der Waals surface area contributed by atoms with Crippen LogP contribution in [0.5, 0.6) is 0 Å². The molecule has 1 saturated heterocycles. The minimum absolute atomic E-state index is 0.741. The van der Waals surface area contributed by atoms with Gasteiger partial charge >= 0.3 is 0 Å². The molecule has 0 aliphatic carbocycles. The Kier molecular flexibility index (Phi) is 5.16. The van der Waals surface area contributed by atoms with Crippen molar-refractivity contribution >= 4 is 6.29 Å². The molecule has 1 fully saturated rings. The van der Waals surface area contributed by atoms with Crippen LogP contribution >= 0.6 is 0 Å². The highest BCUT2D eigenvalue weighted by Gasteiger charge is 2.22. The van der Waals surface area contributed by atoms with Crippen LogP contribution in [0.15, 0.2) is 0 Å². The van der Waals surface area contributed by atoms with Gasteiger partial charge in [0.05, 0.1) is 0 Å². The Morgan fingerprint density at radius 1 is 1.57 bits per heavy atom. The van der Waals surface area contributed by atoms with Crippen LogP contribution in [0.4, 0.5) is 0 Å². The van der Waals surface area contributed by atoms with Crippen molar-refractivity contribution in [2.45, 2.75) is 51.5 Å². The molecular formula is C12H23NO. The molecule has 82 valence electrons. The fourth-order valence-electron chi connectivity index (χ4n) is 2.41. The molecule has 1 aliphatic rings. The Labute approximate surface area is 87.7 Å². The number of aldehydes is 1. The molecule has 0 saturated carbocycles. The summed E-state index contributed by atoms with van der Waals surface area (Å²) in [5.41, 5.74) is 0. The Balaban J connectivity index is 2.12. The van der Waals surface area contributed by atoms with Gasteiger partial charge in [-0.15, -0.1) is 0 Å². The summed E-state index contributed by atoms with van der Waals surface area (Å²) in [6.07, 6.45) is 8.11. The van der Waals surface area contributed by atoms with E-state index in [1.54, 1.807) is 0 Å². The molecule has 0 N–H and O–H groups in total. The molecule has 0 spiro atoms. The van der Waals surface area contributed by atoms with Crippen molar-refractivity contribution in [2.75, 3.05) is 13.6 Å². The van der Waals surface area contributed by atoms with Crippen LogP contribution in [0.25, 0.3) is 0 Å². The van der Waals surface area contributed by atoms with Crippen molar-refractivity contribution < 1.29 is 4.79 Å². The van der Waals surface area contributed by atoms with Gasteiger partial charge in [0.1, 0.15) is 6.29 Å². The van der Waals surface area contributed by atoms with Crippen molar-refractivity contribution in [1.29, 1.82) is 0 Å². The molecule has 0 unspecified atom stereocenters. The smallest absolute Gasteiger partial charge is 0.119 e. The van der Waals surface area contributed by atoms with E-state index in [1.165, 1.54) is 32.2 Å². The minimum atomic E-state index is 0.741. The van der Waals surface area contributed by atoms with Crippen molar-refractivity contribution in [3.8, 4) is 0 Å². The molecule has 1 aliphatic heterocycles. The van der Waals surface area contributed by atoms with Crippen molar-refractivity contribution in [2.24, 2.45) is 5.92 Å². The number of nitrogens with zero attached hydrogens (tertiary/aromatic N) is 1. The summed E-state index contributed by atoms with van der Waals surface area (Å²) in [6, 6.07) is 0.807. The van der Waals surface area contributed by atoms with Gasteiger partial charge in [0.15, 0.2) is 0 Å². The average Bonchev–Trinajstić information content (AvgIpc) is 2.52. The van der Waals surface area contributed by atoms with E-state index < -0.39 is 0 Å². The van der Waals surface area contributed by atoms with Crippen molar-refractivity contribution in [3.63, 3.8) is 0 Å². The number of unbranched alkanes of at least 4 members (excludes halogenated alkanes) is 1. The predicted molar refractivity (Wildman–Crippen MR) is 59.3 cm³/mol. The zero-order valence-corrected chi connectivity index (χ0v) is 9.54. The van der Waals surface area contributed by atoms with Crippen molar-refractivity contribution in [3.05, 3.63) is 0 Å². The fourth-order valence-corrected chi connectivity index (χ4v) is 2.41. The summed E-state index contributed by atoms with van der Waals surface area (Å²) in [4.78, 5) is 12.7. The topological polar surface area (TPSA) is 20.3 Å². The van der Waals surface area contributed by atoms with E-state index in [0.29, 0.717) is 0 Å². The van der Waals surface area contributed by atoms with Crippen LogP contribution in [0.2, 0.25) is 0 Å². The highest BCUT2D eigenvalue weighted by Crippen LogP contribution is 2.23. The number of hydrogen-bond donors (Lipinski definition) is 0. The summed E-state index contributed by atoms with van der Waals surface area (Å²) >= 11 is 0. The molecule has 2 heteroatoms. The van der Waals surface area contributed by atoms with Gasteiger partial charge in [0.25, 0.3) is 0 Å². The van der Waals surface area contributed by atoms with E-state index in [2.05, 4.69) is 18.9 Å². The van der Waals surface area contributed by atoms with E-state index in [0.717, 1.165) is 31.1 Å². The standard InChI is InChI=1S/C12H23NO/c1-11(6-3-4-9-14)10-12-7-5-8-13(12)2/h9,11-12H,3-8,10H2,1-2H3/t11-,12-/m1/s1. The number of likely N-dealkylation sites (tertiary alicyclic amines) is 1. The summed E-state index contributed by atoms with van der Waals surface area (Å²) in [5, 5.41) is 0. The molecule has 0 aromatic heterocycles. The lowest BCUT2D eigenvalue weighted by Gasteiger charge is -2.22. The normalized spacial score (nSPS) is 25.1. The quantitative estimate of drug-likeness (QED) is 0.481.